The summed E-state index contributed by atoms with van der Waals surface area (Å²) in [5.74, 6) is -0.200. The number of benzene rings is 1. The third-order valence-corrected chi connectivity index (χ3v) is 4.59. The maximum atomic E-state index is 12.0. The summed E-state index contributed by atoms with van der Waals surface area (Å²) in [4.78, 5) is 12.0. The maximum absolute atomic E-state index is 12.0. The van der Waals surface area contributed by atoms with Crippen molar-refractivity contribution in [2.75, 3.05) is 37.4 Å². The zero-order valence-corrected chi connectivity index (χ0v) is 13.1. The van der Waals surface area contributed by atoms with Gasteiger partial charge in [0.05, 0.1) is 11.9 Å². The number of hydrogen-bond acceptors (Lipinski definition) is 4. The van der Waals surface area contributed by atoms with E-state index in [2.05, 4.69) is 5.32 Å². The van der Waals surface area contributed by atoms with Crippen molar-refractivity contribution in [3.05, 3.63) is 29.3 Å². The van der Waals surface area contributed by atoms with E-state index in [4.69, 9.17) is 4.74 Å². The molecule has 2 rings (SSSR count). The molecule has 0 saturated carbocycles. The van der Waals surface area contributed by atoms with Crippen LogP contribution in [0, 0.1) is 0 Å². The highest BCUT2D eigenvalue weighted by atomic mass is 32.2. The van der Waals surface area contributed by atoms with Gasteiger partial charge in [-0.25, -0.2) is 8.42 Å². The number of nitrogens with one attached hydrogen (secondary N) is 1. The number of rotatable bonds is 6. The van der Waals surface area contributed by atoms with Crippen LogP contribution in [0.1, 0.15) is 22.3 Å². The summed E-state index contributed by atoms with van der Waals surface area (Å²) in [7, 11) is -1.68. The second kappa shape index (κ2) is 6.44. The van der Waals surface area contributed by atoms with Gasteiger partial charge in [-0.1, -0.05) is 6.07 Å². The van der Waals surface area contributed by atoms with Crippen molar-refractivity contribution in [1.29, 1.82) is 0 Å². The SMILES string of the molecule is COCCCNC(=O)c1ccc2c(c1)N(S(C)(=O)=O)CC2. The molecule has 1 aromatic carbocycles. The first-order valence-electron chi connectivity index (χ1n) is 6.81. The molecule has 0 aromatic heterocycles. The van der Waals surface area contributed by atoms with Crippen molar-refractivity contribution >= 4 is 21.6 Å². The average Bonchev–Trinajstić information content (AvgIpc) is 2.86. The minimum absolute atomic E-state index is 0.200. The number of fused-ring (bicyclic) bond motifs is 1. The van der Waals surface area contributed by atoms with Crippen molar-refractivity contribution in [1.82, 2.24) is 5.32 Å². The predicted molar refractivity (Wildman–Crippen MR) is 81.2 cm³/mol. The molecule has 1 aliphatic rings. The molecular formula is C14H20N2O4S. The van der Waals surface area contributed by atoms with Crippen LogP contribution < -0.4 is 9.62 Å². The molecule has 7 heteroatoms. The molecule has 1 amide bonds. The Morgan fingerprint density at radius 3 is 2.86 bits per heavy atom. The Balaban J connectivity index is 2.12. The lowest BCUT2D eigenvalue weighted by Gasteiger charge is -2.17. The summed E-state index contributed by atoms with van der Waals surface area (Å²) in [5.41, 5.74) is 2.04. The molecule has 6 nitrogen and oxygen atoms in total. The Morgan fingerprint density at radius 2 is 2.19 bits per heavy atom. The number of ether oxygens (including phenoxy) is 1. The summed E-state index contributed by atoms with van der Waals surface area (Å²) in [5, 5.41) is 2.79. The fourth-order valence-electron chi connectivity index (χ4n) is 2.36. The Hall–Kier alpha value is -1.60. The molecule has 0 bridgehead atoms. The number of carbonyl (C=O) groups excluding carboxylic acids is 1. The normalized spacial score (nSPS) is 14.1. The lowest BCUT2D eigenvalue weighted by molar-refractivity contribution is 0.0948. The van der Waals surface area contributed by atoms with Gasteiger partial charge in [-0.2, -0.15) is 0 Å². The standard InChI is InChI=1S/C14H20N2O4S/c1-20-9-3-7-15-14(17)12-5-4-11-6-8-16(13(11)10-12)21(2,18)19/h4-5,10H,3,6-9H2,1-2H3,(H,15,17). The number of methoxy groups -OCH3 is 1. The zero-order valence-electron chi connectivity index (χ0n) is 12.3. The molecule has 0 unspecified atom stereocenters. The van der Waals surface area contributed by atoms with Crippen LogP contribution >= 0.6 is 0 Å². The second-order valence-corrected chi connectivity index (χ2v) is 6.94. The average molecular weight is 312 g/mol. The number of anilines is 1. The van der Waals surface area contributed by atoms with Gasteiger partial charge in [-0.3, -0.25) is 9.10 Å². The summed E-state index contributed by atoms with van der Waals surface area (Å²) in [6.45, 7) is 1.55. The minimum Gasteiger partial charge on any atom is -0.385 e. The largest absolute Gasteiger partial charge is 0.385 e. The first-order valence-corrected chi connectivity index (χ1v) is 8.66. The fourth-order valence-corrected chi connectivity index (χ4v) is 3.31. The summed E-state index contributed by atoms with van der Waals surface area (Å²) in [6, 6.07) is 5.20. The molecule has 21 heavy (non-hydrogen) atoms. The maximum Gasteiger partial charge on any atom is 0.251 e. The topological polar surface area (TPSA) is 75.7 Å². The summed E-state index contributed by atoms with van der Waals surface area (Å²) in [6.07, 6.45) is 2.60. The molecular weight excluding hydrogens is 292 g/mol. The van der Waals surface area contributed by atoms with Crippen LogP contribution in [0.2, 0.25) is 0 Å². The molecule has 0 saturated heterocycles. The van der Waals surface area contributed by atoms with E-state index in [0.29, 0.717) is 37.4 Å². The predicted octanol–water partition coefficient (Wildman–Crippen LogP) is 0.775. The third-order valence-electron chi connectivity index (χ3n) is 3.41. The van der Waals surface area contributed by atoms with E-state index < -0.39 is 10.0 Å². The Bertz CT molecular complexity index is 628. The van der Waals surface area contributed by atoms with Crippen molar-refractivity contribution in [3.8, 4) is 0 Å². The molecule has 0 radical (unpaired) electrons. The second-order valence-electron chi connectivity index (χ2n) is 5.03. The van der Waals surface area contributed by atoms with Crippen LogP contribution in [0.15, 0.2) is 18.2 Å². The number of sulfonamides is 1. The highest BCUT2D eigenvalue weighted by Gasteiger charge is 2.26. The van der Waals surface area contributed by atoms with Crippen molar-refractivity contribution in [2.45, 2.75) is 12.8 Å². The zero-order chi connectivity index (χ0) is 15.5. The van der Waals surface area contributed by atoms with Gasteiger partial charge in [0.1, 0.15) is 0 Å². The third kappa shape index (κ3) is 3.74. The van der Waals surface area contributed by atoms with Crippen molar-refractivity contribution in [2.24, 2.45) is 0 Å². The van der Waals surface area contributed by atoms with Crippen molar-refractivity contribution in [3.63, 3.8) is 0 Å². The Labute approximate surface area is 125 Å². The highest BCUT2D eigenvalue weighted by Crippen LogP contribution is 2.30. The Morgan fingerprint density at radius 1 is 1.43 bits per heavy atom. The van der Waals surface area contributed by atoms with Gasteiger partial charge < -0.3 is 10.1 Å². The van der Waals surface area contributed by atoms with E-state index in [0.717, 1.165) is 12.0 Å². The number of hydrogen-bond donors (Lipinski definition) is 1. The summed E-state index contributed by atoms with van der Waals surface area (Å²) >= 11 is 0. The first kappa shape index (κ1) is 15.8. The number of amides is 1. The van der Waals surface area contributed by atoms with Gasteiger partial charge >= 0.3 is 0 Å². The van der Waals surface area contributed by atoms with Gasteiger partial charge in [0.25, 0.3) is 5.91 Å². The van der Waals surface area contributed by atoms with Crippen LogP contribution in [0.4, 0.5) is 5.69 Å². The van der Waals surface area contributed by atoms with Crippen LogP contribution in [-0.2, 0) is 21.2 Å². The van der Waals surface area contributed by atoms with Crippen LogP contribution in [0.3, 0.4) is 0 Å². The number of nitrogens with zero attached hydrogens (tertiary/aromatic N) is 1. The van der Waals surface area contributed by atoms with Crippen LogP contribution in [-0.4, -0.2) is 47.4 Å². The molecule has 1 heterocycles. The monoisotopic (exact) mass is 312 g/mol. The van der Waals surface area contributed by atoms with Crippen molar-refractivity contribution < 1.29 is 17.9 Å². The number of carbonyl (C=O) groups is 1. The lowest BCUT2D eigenvalue weighted by atomic mass is 10.1. The Kier molecular flexibility index (Phi) is 4.84. The van der Waals surface area contributed by atoms with Gasteiger partial charge in [-0.15, -0.1) is 0 Å². The van der Waals surface area contributed by atoms with E-state index in [9.17, 15) is 13.2 Å². The quantitative estimate of drug-likeness (QED) is 0.788. The summed E-state index contributed by atoms with van der Waals surface area (Å²) < 4.78 is 29.7. The van der Waals surface area contributed by atoms with Gasteiger partial charge in [0.15, 0.2) is 0 Å². The van der Waals surface area contributed by atoms with E-state index in [1.165, 1.54) is 10.6 Å². The van der Waals surface area contributed by atoms with E-state index in [1.807, 2.05) is 6.07 Å². The molecule has 1 N–H and O–H groups in total. The van der Waals surface area contributed by atoms with Gasteiger partial charge in [0, 0.05) is 32.4 Å². The first-order chi connectivity index (χ1) is 9.93. The molecule has 0 atom stereocenters. The van der Waals surface area contributed by atoms with E-state index in [-0.39, 0.29) is 5.91 Å². The molecule has 1 aromatic rings. The molecule has 116 valence electrons. The fraction of sp³-hybridized carbons (Fsp3) is 0.500. The lowest BCUT2D eigenvalue weighted by Crippen LogP contribution is -2.28. The molecule has 0 spiro atoms. The van der Waals surface area contributed by atoms with Gasteiger partial charge in [0.2, 0.25) is 10.0 Å². The molecule has 1 aliphatic heterocycles. The van der Waals surface area contributed by atoms with Gasteiger partial charge in [-0.05, 0) is 30.5 Å². The van der Waals surface area contributed by atoms with E-state index in [1.54, 1.807) is 19.2 Å². The highest BCUT2D eigenvalue weighted by molar-refractivity contribution is 7.92. The smallest absolute Gasteiger partial charge is 0.251 e. The minimum atomic E-state index is -3.30. The molecule has 0 aliphatic carbocycles. The van der Waals surface area contributed by atoms with E-state index >= 15 is 0 Å². The van der Waals surface area contributed by atoms with Crippen LogP contribution in [0.5, 0.6) is 0 Å². The van der Waals surface area contributed by atoms with Crippen LogP contribution in [0.25, 0.3) is 0 Å². The molecule has 0 fully saturated rings.